The molecule has 1 N–H and O–H groups in total. The lowest BCUT2D eigenvalue weighted by molar-refractivity contribution is 0.342. The van der Waals surface area contributed by atoms with E-state index in [0.717, 1.165) is 5.56 Å². The van der Waals surface area contributed by atoms with Gasteiger partial charge in [-0.05, 0) is 19.1 Å². The molecule has 1 rings (SSSR count). The van der Waals surface area contributed by atoms with Crippen molar-refractivity contribution in [2.45, 2.75) is 31.5 Å². The third kappa shape index (κ3) is 6.71. The van der Waals surface area contributed by atoms with E-state index in [1.54, 1.807) is 30.3 Å². The van der Waals surface area contributed by atoms with E-state index >= 15 is 0 Å². The zero-order chi connectivity index (χ0) is 17.5. The van der Waals surface area contributed by atoms with E-state index in [0.29, 0.717) is 0 Å². The third-order valence-electron chi connectivity index (χ3n) is 2.96. The molecule has 0 aromatic heterocycles. The van der Waals surface area contributed by atoms with Crippen molar-refractivity contribution in [1.82, 2.24) is 4.31 Å². The second-order valence-corrected chi connectivity index (χ2v) is 13.0. The SMILES string of the molecule is Cc1ccc(S(=O)(=O)N(CC#C[Si](C)(C)C)C/C=C/CO)cc1. The first-order valence-electron chi connectivity index (χ1n) is 7.49. The monoisotopic (exact) mass is 351 g/mol. The maximum absolute atomic E-state index is 12.8. The Kier molecular flexibility index (Phi) is 7.23. The van der Waals surface area contributed by atoms with Gasteiger partial charge in [-0.1, -0.05) is 55.4 Å². The van der Waals surface area contributed by atoms with Gasteiger partial charge in [0.1, 0.15) is 8.07 Å². The molecule has 0 bridgehead atoms. The fourth-order valence-corrected chi connectivity index (χ4v) is 3.67. The molecule has 0 aliphatic heterocycles. The van der Waals surface area contributed by atoms with E-state index < -0.39 is 18.1 Å². The van der Waals surface area contributed by atoms with Crippen molar-refractivity contribution in [1.29, 1.82) is 0 Å². The van der Waals surface area contributed by atoms with Gasteiger partial charge in [0.2, 0.25) is 10.0 Å². The molecule has 0 aliphatic rings. The first-order valence-corrected chi connectivity index (χ1v) is 12.4. The number of hydrogen-bond donors (Lipinski definition) is 1. The minimum absolute atomic E-state index is 0.112. The van der Waals surface area contributed by atoms with Crippen molar-refractivity contribution in [3.05, 3.63) is 42.0 Å². The standard InChI is InChI=1S/C17H25NO3SSi/c1-16-8-10-17(11-9-16)22(20,21)18(12-5-6-14-19)13-7-15-23(2,3)4/h5-6,8-11,19H,12-14H2,1-4H3/b6-5+. The van der Waals surface area contributed by atoms with Gasteiger partial charge in [0.05, 0.1) is 18.0 Å². The highest BCUT2D eigenvalue weighted by molar-refractivity contribution is 7.89. The summed E-state index contributed by atoms with van der Waals surface area (Å²) in [7, 11) is -5.15. The van der Waals surface area contributed by atoms with Gasteiger partial charge in [-0.3, -0.25) is 0 Å². The van der Waals surface area contributed by atoms with Crippen molar-refractivity contribution >= 4 is 18.1 Å². The Morgan fingerprint density at radius 2 is 1.78 bits per heavy atom. The molecular weight excluding hydrogens is 326 g/mol. The van der Waals surface area contributed by atoms with Gasteiger partial charge in [-0.2, -0.15) is 4.31 Å². The maximum atomic E-state index is 12.8. The van der Waals surface area contributed by atoms with Crippen molar-refractivity contribution in [2.24, 2.45) is 0 Å². The predicted octanol–water partition coefficient (Wildman–Crippen LogP) is 2.42. The predicted molar refractivity (Wildman–Crippen MR) is 97.3 cm³/mol. The summed E-state index contributed by atoms with van der Waals surface area (Å²) >= 11 is 0. The second-order valence-electron chi connectivity index (χ2n) is 6.32. The minimum atomic E-state index is -3.60. The third-order valence-corrected chi connectivity index (χ3v) is 5.71. The van der Waals surface area contributed by atoms with E-state index in [1.807, 2.05) is 6.92 Å². The molecular formula is C17H25NO3SSi. The number of hydrogen-bond acceptors (Lipinski definition) is 3. The summed E-state index contributed by atoms with van der Waals surface area (Å²) in [5, 5.41) is 8.84. The summed E-state index contributed by atoms with van der Waals surface area (Å²) in [4.78, 5) is 0.260. The van der Waals surface area contributed by atoms with E-state index in [1.165, 1.54) is 10.4 Å². The number of benzene rings is 1. The van der Waals surface area contributed by atoms with Crippen LogP contribution in [0.1, 0.15) is 5.56 Å². The van der Waals surface area contributed by atoms with Crippen LogP contribution in [-0.4, -0.2) is 45.6 Å². The van der Waals surface area contributed by atoms with E-state index in [9.17, 15) is 8.42 Å². The van der Waals surface area contributed by atoms with Crippen LogP contribution >= 0.6 is 0 Å². The normalized spacial score (nSPS) is 12.4. The molecule has 23 heavy (non-hydrogen) atoms. The summed E-state index contributed by atoms with van der Waals surface area (Å²) in [5.41, 5.74) is 4.19. The molecule has 0 heterocycles. The van der Waals surface area contributed by atoms with Gasteiger partial charge in [-0.15, -0.1) is 5.54 Å². The lowest BCUT2D eigenvalue weighted by Crippen LogP contribution is -2.32. The molecule has 0 fully saturated rings. The van der Waals surface area contributed by atoms with E-state index in [4.69, 9.17) is 5.11 Å². The van der Waals surface area contributed by atoms with Crippen molar-refractivity contribution < 1.29 is 13.5 Å². The quantitative estimate of drug-likeness (QED) is 0.486. The fraction of sp³-hybridized carbons (Fsp3) is 0.412. The molecule has 4 nitrogen and oxygen atoms in total. The van der Waals surface area contributed by atoms with Crippen LogP contribution in [0.4, 0.5) is 0 Å². The Labute approximate surface area is 140 Å². The molecule has 0 amide bonds. The van der Waals surface area contributed by atoms with Crippen LogP contribution < -0.4 is 0 Å². The molecule has 1 aromatic rings. The first-order chi connectivity index (χ1) is 10.7. The highest BCUT2D eigenvalue weighted by Crippen LogP contribution is 2.16. The molecule has 0 saturated heterocycles. The van der Waals surface area contributed by atoms with Crippen LogP contribution in [0.3, 0.4) is 0 Å². The largest absolute Gasteiger partial charge is 0.392 e. The Balaban J connectivity index is 3.07. The van der Waals surface area contributed by atoms with Crippen LogP contribution in [-0.2, 0) is 10.0 Å². The molecule has 0 aliphatic carbocycles. The highest BCUT2D eigenvalue weighted by atomic mass is 32.2. The Morgan fingerprint density at radius 3 is 2.30 bits per heavy atom. The van der Waals surface area contributed by atoms with Gasteiger partial charge < -0.3 is 5.11 Å². The van der Waals surface area contributed by atoms with Crippen LogP contribution in [0, 0.1) is 18.4 Å². The highest BCUT2D eigenvalue weighted by Gasteiger charge is 2.22. The summed E-state index contributed by atoms with van der Waals surface area (Å²) in [6.45, 7) is 8.49. The van der Waals surface area contributed by atoms with Gasteiger partial charge in [-0.25, -0.2) is 8.42 Å². The smallest absolute Gasteiger partial charge is 0.244 e. The summed E-state index contributed by atoms with van der Waals surface area (Å²) < 4.78 is 26.9. The lowest BCUT2D eigenvalue weighted by atomic mass is 10.2. The van der Waals surface area contributed by atoms with Gasteiger partial charge in [0.15, 0.2) is 0 Å². The minimum Gasteiger partial charge on any atom is -0.392 e. The van der Waals surface area contributed by atoms with Crippen LogP contribution in [0.15, 0.2) is 41.3 Å². The zero-order valence-electron chi connectivity index (χ0n) is 14.2. The average Bonchev–Trinajstić information content (AvgIpc) is 2.45. The van der Waals surface area contributed by atoms with Crippen molar-refractivity contribution in [3.63, 3.8) is 0 Å². The molecule has 1 aromatic carbocycles. The Bertz CT molecular complexity index is 692. The summed E-state index contributed by atoms with van der Waals surface area (Å²) in [5.74, 6) is 3.00. The summed E-state index contributed by atoms with van der Waals surface area (Å²) in [6.07, 6.45) is 3.17. The van der Waals surface area contributed by atoms with Gasteiger partial charge in [0.25, 0.3) is 0 Å². The molecule has 6 heteroatoms. The lowest BCUT2D eigenvalue weighted by Gasteiger charge is -2.18. The second kappa shape index (κ2) is 8.46. The van der Waals surface area contributed by atoms with Crippen LogP contribution in [0.2, 0.25) is 19.6 Å². The zero-order valence-corrected chi connectivity index (χ0v) is 16.0. The molecule has 0 spiro atoms. The number of rotatable bonds is 6. The van der Waals surface area contributed by atoms with Crippen molar-refractivity contribution in [3.8, 4) is 11.5 Å². The number of aryl methyl sites for hydroxylation is 1. The van der Waals surface area contributed by atoms with E-state index in [2.05, 4.69) is 31.1 Å². The number of aliphatic hydroxyl groups excluding tert-OH is 1. The maximum Gasteiger partial charge on any atom is 0.244 e. The Hall–Kier alpha value is -1.39. The number of sulfonamides is 1. The molecule has 0 saturated carbocycles. The first kappa shape index (κ1) is 19.7. The topological polar surface area (TPSA) is 57.6 Å². The average molecular weight is 352 g/mol. The molecule has 0 radical (unpaired) electrons. The van der Waals surface area contributed by atoms with Crippen molar-refractivity contribution in [2.75, 3.05) is 19.7 Å². The van der Waals surface area contributed by atoms with Gasteiger partial charge >= 0.3 is 0 Å². The van der Waals surface area contributed by atoms with Gasteiger partial charge in [0, 0.05) is 6.54 Å². The molecule has 0 unspecified atom stereocenters. The number of aliphatic hydroxyl groups is 1. The fourth-order valence-electron chi connectivity index (χ4n) is 1.77. The molecule has 0 atom stereocenters. The van der Waals surface area contributed by atoms with Crippen LogP contribution in [0.5, 0.6) is 0 Å². The summed E-state index contributed by atoms with van der Waals surface area (Å²) in [6, 6.07) is 6.78. The molecule has 126 valence electrons. The van der Waals surface area contributed by atoms with E-state index in [-0.39, 0.29) is 24.6 Å². The number of nitrogens with zero attached hydrogens (tertiary/aromatic N) is 1. The van der Waals surface area contributed by atoms with Crippen LogP contribution in [0.25, 0.3) is 0 Å². The Morgan fingerprint density at radius 1 is 1.17 bits per heavy atom.